The van der Waals surface area contributed by atoms with Crippen molar-refractivity contribution in [3.8, 4) is 0 Å². The average molecular weight is 479 g/mol. The maximum atomic E-state index is 14.5. The highest BCUT2D eigenvalue weighted by molar-refractivity contribution is 7.85. The number of ether oxygens (including phenoxy) is 1. The number of nitrogens with zero attached hydrogens (tertiary/aromatic N) is 1. The minimum Gasteiger partial charge on any atom is -0.376 e. The van der Waals surface area contributed by atoms with Gasteiger partial charge in [-0.3, -0.25) is 9.59 Å². The van der Waals surface area contributed by atoms with Crippen LogP contribution in [0.3, 0.4) is 0 Å². The molecule has 1 fully saturated rings. The average Bonchev–Trinajstić information content (AvgIpc) is 3.37. The Labute approximate surface area is 199 Å². The molecular formula is C26H23FN2O4S. The standard InChI is InChI=1S/C26H23FN2O4S/c27-21-9-3-1-6-18(21)16-29-22-14-17(25(30)28-15-19-7-5-13-33-19)11-12-24(22)34(32)23-10-4-2-8-20(23)26(29)31/h1-4,6,8-12,14,19H,5,7,13,15-16H2,(H,28,30)/t19-,34-/m1/s1. The second-order valence-electron chi connectivity index (χ2n) is 8.28. The molecule has 1 saturated heterocycles. The summed E-state index contributed by atoms with van der Waals surface area (Å²) >= 11 is 0. The van der Waals surface area contributed by atoms with Gasteiger partial charge in [0.1, 0.15) is 5.82 Å². The minimum atomic E-state index is -1.65. The van der Waals surface area contributed by atoms with Crippen LogP contribution in [0.1, 0.15) is 39.1 Å². The van der Waals surface area contributed by atoms with Crippen molar-refractivity contribution >= 4 is 28.3 Å². The van der Waals surface area contributed by atoms with Gasteiger partial charge in [-0.1, -0.05) is 30.3 Å². The number of nitrogens with one attached hydrogen (secondary N) is 1. The van der Waals surface area contributed by atoms with E-state index in [1.54, 1.807) is 60.7 Å². The van der Waals surface area contributed by atoms with Crippen LogP contribution in [0, 0.1) is 5.82 Å². The molecule has 1 N–H and O–H groups in total. The molecule has 3 aromatic rings. The minimum absolute atomic E-state index is 0.00841. The number of carbonyl (C=O) groups is 2. The Bertz CT molecular complexity index is 1290. The maximum Gasteiger partial charge on any atom is 0.259 e. The van der Waals surface area contributed by atoms with E-state index in [1.165, 1.54) is 11.0 Å². The number of rotatable bonds is 5. The zero-order valence-corrected chi connectivity index (χ0v) is 19.1. The van der Waals surface area contributed by atoms with Gasteiger partial charge >= 0.3 is 0 Å². The van der Waals surface area contributed by atoms with Gasteiger partial charge in [0.05, 0.1) is 44.5 Å². The molecule has 0 aliphatic carbocycles. The van der Waals surface area contributed by atoms with Crippen molar-refractivity contribution in [2.24, 2.45) is 0 Å². The molecule has 0 unspecified atom stereocenters. The van der Waals surface area contributed by atoms with E-state index in [4.69, 9.17) is 4.74 Å². The zero-order valence-electron chi connectivity index (χ0n) is 18.3. The fraction of sp³-hybridized carbons (Fsp3) is 0.231. The lowest BCUT2D eigenvalue weighted by atomic mass is 10.1. The highest BCUT2D eigenvalue weighted by atomic mass is 32.2. The number of amides is 2. The molecule has 2 aliphatic heterocycles. The van der Waals surface area contributed by atoms with Gasteiger partial charge in [0.2, 0.25) is 0 Å². The van der Waals surface area contributed by atoms with Gasteiger partial charge in [0.15, 0.2) is 0 Å². The summed E-state index contributed by atoms with van der Waals surface area (Å²) in [5, 5.41) is 2.87. The first-order valence-corrected chi connectivity index (χ1v) is 12.3. The van der Waals surface area contributed by atoms with Crippen molar-refractivity contribution in [2.75, 3.05) is 18.1 Å². The van der Waals surface area contributed by atoms with Crippen molar-refractivity contribution in [3.63, 3.8) is 0 Å². The van der Waals surface area contributed by atoms with Crippen LogP contribution in [0.2, 0.25) is 0 Å². The Kier molecular flexibility index (Phi) is 6.26. The summed E-state index contributed by atoms with van der Waals surface area (Å²) in [6.07, 6.45) is 1.86. The van der Waals surface area contributed by atoms with Crippen LogP contribution < -0.4 is 10.2 Å². The lowest BCUT2D eigenvalue weighted by molar-refractivity contribution is 0.0857. The van der Waals surface area contributed by atoms with Gasteiger partial charge in [-0.25, -0.2) is 8.60 Å². The van der Waals surface area contributed by atoms with E-state index in [-0.39, 0.29) is 24.1 Å². The van der Waals surface area contributed by atoms with E-state index in [9.17, 15) is 18.2 Å². The second kappa shape index (κ2) is 9.48. The third-order valence-electron chi connectivity index (χ3n) is 6.07. The van der Waals surface area contributed by atoms with E-state index in [1.807, 2.05) is 0 Å². The van der Waals surface area contributed by atoms with Crippen molar-refractivity contribution < 1.29 is 22.9 Å². The molecular weight excluding hydrogens is 455 g/mol. The number of fused-ring (bicyclic) bond motifs is 2. The van der Waals surface area contributed by atoms with Crippen molar-refractivity contribution in [2.45, 2.75) is 35.3 Å². The van der Waals surface area contributed by atoms with E-state index < -0.39 is 22.5 Å². The van der Waals surface area contributed by atoms with E-state index in [0.717, 1.165) is 12.8 Å². The quantitative estimate of drug-likeness (QED) is 0.600. The number of hydrogen-bond acceptors (Lipinski definition) is 4. The number of carbonyl (C=O) groups excluding carboxylic acids is 2. The summed E-state index contributed by atoms with van der Waals surface area (Å²) in [6, 6.07) is 17.7. The van der Waals surface area contributed by atoms with Crippen LogP contribution in [-0.2, 0) is 22.1 Å². The number of halogens is 1. The predicted octanol–water partition coefficient (Wildman–Crippen LogP) is 4.06. The zero-order chi connectivity index (χ0) is 23.7. The van der Waals surface area contributed by atoms with Crippen LogP contribution in [0.4, 0.5) is 10.1 Å². The van der Waals surface area contributed by atoms with E-state index in [2.05, 4.69) is 5.32 Å². The molecule has 3 aromatic carbocycles. The van der Waals surface area contributed by atoms with Crippen molar-refractivity contribution in [1.29, 1.82) is 0 Å². The van der Waals surface area contributed by atoms with Gasteiger partial charge in [0, 0.05) is 24.3 Å². The summed E-state index contributed by atoms with van der Waals surface area (Å²) in [5.74, 6) is -1.16. The topological polar surface area (TPSA) is 75.7 Å². The first-order chi connectivity index (χ1) is 16.5. The van der Waals surface area contributed by atoms with Crippen LogP contribution in [0.5, 0.6) is 0 Å². The molecule has 2 amide bonds. The number of anilines is 1. The third kappa shape index (κ3) is 4.26. The lowest BCUT2D eigenvalue weighted by Crippen LogP contribution is -2.33. The molecule has 6 nitrogen and oxygen atoms in total. The van der Waals surface area contributed by atoms with Gasteiger partial charge in [-0.2, -0.15) is 0 Å². The van der Waals surface area contributed by atoms with Crippen LogP contribution in [-0.4, -0.2) is 35.3 Å². The Morgan fingerprint density at radius 1 is 1.09 bits per heavy atom. The van der Waals surface area contributed by atoms with Gasteiger partial charge in [-0.05, 0) is 49.2 Å². The Morgan fingerprint density at radius 2 is 1.88 bits per heavy atom. The molecule has 34 heavy (non-hydrogen) atoms. The molecule has 0 saturated carbocycles. The predicted molar refractivity (Wildman–Crippen MR) is 126 cm³/mol. The Morgan fingerprint density at radius 3 is 2.68 bits per heavy atom. The van der Waals surface area contributed by atoms with Crippen LogP contribution in [0.15, 0.2) is 76.5 Å². The molecule has 5 rings (SSSR count). The Hall–Kier alpha value is -3.36. The molecule has 8 heteroatoms. The normalized spacial score (nSPS) is 19.3. The molecule has 2 atom stereocenters. The second-order valence-corrected chi connectivity index (χ2v) is 9.69. The fourth-order valence-corrected chi connectivity index (χ4v) is 5.62. The molecule has 174 valence electrons. The number of hydrogen-bond donors (Lipinski definition) is 1. The first-order valence-electron chi connectivity index (χ1n) is 11.1. The smallest absolute Gasteiger partial charge is 0.259 e. The Balaban J connectivity index is 1.55. The SMILES string of the molecule is O=C(NC[C@H]1CCCO1)c1ccc2c(c1)N(Cc1ccccc1F)C(=O)c1ccccc1[S@]2=O. The van der Waals surface area contributed by atoms with Crippen LogP contribution in [0.25, 0.3) is 0 Å². The molecule has 0 aromatic heterocycles. The monoisotopic (exact) mass is 478 g/mol. The summed E-state index contributed by atoms with van der Waals surface area (Å²) in [5.41, 5.74) is 1.26. The van der Waals surface area contributed by atoms with Crippen molar-refractivity contribution in [1.82, 2.24) is 5.32 Å². The lowest BCUT2D eigenvalue weighted by Gasteiger charge is -2.24. The summed E-state index contributed by atoms with van der Waals surface area (Å²) in [6.45, 7) is 1.02. The fourth-order valence-electron chi connectivity index (χ4n) is 4.27. The van der Waals surface area contributed by atoms with Crippen LogP contribution >= 0.6 is 0 Å². The summed E-state index contributed by atoms with van der Waals surface area (Å²) < 4.78 is 33.5. The van der Waals surface area contributed by atoms with Gasteiger partial charge in [-0.15, -0.1) is 0 Å². The molecule has 2 aliphatic rings. The van der Waals surface area contributed by atoms with Crippen molar-refractivity contribution in [3.05, 3.63) is 89.2 Å². The molecule has 2 heterocycles. The molecule has 0 radical (unpaired) electrons. The number of benzene rings is 3. The first kappa shape index (κ1) is 22.4. The summed E-state index contributed by atoms with van der Waals surface area (Å²) in [7, 11) is -1.65. The molecule has 0 bridgehead atoms. The molecule has 0 spiro atoms. The third-order valence-corrected chi connectivity index (χ3v) is 7.57. The van der Waals surface area contributed by atoms with Gasteiger partial charge < -0.3 is 15.0 Å². The highest BCUT2D eigenvalue weighted by Crippen LogP contribution is 2.36. The van der Waals surface area contributed by atoms with E-state index in [0.29, 0.717) is 39.8 Å². The van der Waals surface area contributed by atoms with Gasteiger partial charge in [0.25, 0.3) is 11.8 Å². The largest absolute Gasteiger partial charge is 0.376 e. The highest BCUT2D eigenvalue weighted by Gasteiger charge is 2.32. The maximum absolute atomic E-state index is 14.5. The summed E-state index contributed by atoms with van der Waals surface area (Å²) in [4.78, 5) is 28.6. The van der Waals surface area contributed by atoms with E-state index >= 15 is 0 Å².